The molecule has 40 valence electrons. The van der Waals surface area contributed by atoms with Crippen molar-refractivity contribution in [2.75, 3.05) is 0 Å². The van der Waals surface area contributed by atoms with Crippen molar-refractivity contribution in [3.63, 3.8) is 0 Å². The van der Waals surface area contributed by atoms with Gasteiger partial charge in [-0.3, -0.25) is 0 Å². The lowest BCUT2D eigenvalue weighted by atomic mass is 10.3. The molecule has 2 unspecified atom stereocenters. The minimum absolute atomic E-state index is 0.388. The highest BCUT2D eigenvalue weighted by molar-refractivity contribution is 9.11. The molecule has 1 saturated heterocycles. The molecular weight excluding hydrogens is 156 g/mol. The molecule has 0 N–H and O–H groups in total. The number of rotatable bonds is 1. The molecule has 1 rings (SSSR count). The van der Waals surface area contributed by atoms with E-state index < -0.39 is 0 Å². The molecule has 0 aromatic carbocycles. The standard InChI is InChI=1S/C5H7BrO/c1-4-5(7-4)2-3-6/h2-5H,1H3/b3-2+. The minimum atomic E-state index is 0.388. The minimum Gasteiger partial charge on any atom is -0.365 e. The third-order valence-corrected chi connectivity index (χ3v) is 1.33. The van der Waals surface area contributed by atoms with Crippen molar-refractivity contribution >= 4 is 15.9 Å². The summed E-state index contributed by atoms with van der Waals surface area (Å²) in [4.78, 5) is 1.83. The zero-order chi connectivity index (χ0) is 5.28. The van der Waals surface area contributed by atoms with Gasteiger partial charge in [-0.25, -0.2) is 0 Å². The van der Waals surface area contributed by atoms with E-state index in [2.05, 4.69) is 22.9 Å². The average molecular weight is 163 g/mol. The van der Waals surface area contributed by atoms with Crippen molar-refractivity contribution in [1.29, 1.82) is 0 Å². The van der Waals surface area contributed by atoms with Gasteiger partial charge in [-0.1, -0.05) is 15.9 Å². The summed E-state index contributed by atoms with van der Waals surface area (Å²) < 4.78 is 5.04. The lowest BCUT2D eigenvalue weighted by Crippen LogP contribution is -1.78. The van der Waals surface area contributed by atoms with Gasteiger partial charge in [0.1, 0.15) is 6.10 Å². The van der Waals surface area contributed by atoms with E-state index in [1.165, 1.54) is 0 Å². The van der Waals surface area contributed by atoms with Gasteiger partial charge in [0.05, 0.1) is 6.10 Å². The van der Waals surface area contributed by atoms with E-state index in [0.717, 1.165) is 0 Å². The maximum Gasteiger partial charge on any atom is 0.103 e. The largest absolute Gasteiger partial charge is 0.365 e. The highest BCUT2D eigenvalue weighted by atomic mass is 79.9. The molecule has 1 aliphatic heterocycles. The van der Waals surface area contributed by atoms with Crippen molar-refractivity contribution in [2.24, 2.45) is 0 Å². The molecule has 7 heavy (non-hydrogen) atoms. The summed E-state index contributed by atoms with van der Waals surface area (Å²) in [6.45, 7) is 2.05. The Morgan fingerprint density at radius 1 is 1.71 bits per heavy atom. The van der Waals surface area contributed by atoms with E-state index in [1.54, 1.807) is 0 Å². The molecule has 0 saturated carbocycles. The molecule has 0 spiro atoms. The number of ether oxygens (including phenoxy) is 1. The van der Waals surface area contributed by atoms with Crippen LogP contribution < -0.4 is 0 Å². The molecule has 1 nitrogen and oxygen atoms in total. The summed E-state index contributed by atoms with van der Waals surface area (Å²) >= 11 is 3.16. The number of hydrogen-bond donors (Lipinski definition) is 0. The van der Waals surface area contributed by atoms with Crippen LogP contribution in [0.5, 0.6) is 0 Å². The van der Waals surface area contributed by atoms with Crippen LogP contribution in [0.15, 0.2) is 11.1 Å². The highest BCUT2D eigenvalue weighted by Crippen LogP contribution is 2.21. The van der Waals surface area contributed by atoms with E-state index in [4.69, 9.17) is 4.74 Å². The maximum absolute atomic E-state index is 5.04. The van der Waals surface area contributed by atoms with Crippen molar-refractivity contribution in [1.82, 2.24) is 0 Å². The first-order chi connectivity index (χ1) is 3.34. The van der Waals surface area contributed by atoms with Crippen LogP contribution in [0.4, 0.5) is 0 Å². The van der Waals surface area contributed by atoms with Crippen LogP contribution >= 0.6 is 15.9 Å². The topological polar surface area (TPSA) is 12.5 Å². The predicted molar refractivity (Wildman–Crippen MR) is 32.4 cm³/mol. The van der Waals surface area contributed by atoms with E-state index in [0.29, 0.717) is 12.2 Å². The van der Waals surface area contributed by atoms with Crippen LogP contribution in [0.2, 0.25) is 0 Å². The molecule has 1 heterocycles. The summed E-state index contributed by atoms with van der Waals surface area (Å²) in [7, 11) is 0. The number of epoxide rings is 1. The Kier molecular flexibility index (Phi) is 1.50. The monoisotopic (exact) mass is 162 g/mol. The molecule has 2 atom stereocenters. The summed E-state index contributed by atoms with van der Waals surface area (Å²) in [6, 6.07) is 0. The zero-order valence-electron chi connectivity index (χ0n) is 4.10. The smallest absolute Gasteiger partial charge is 0.103 e. The van der Waals surface area contributed by atoms with Gasteiger partial charge >= 0.3 is 0 Å². The molecule has 2 heteroatoms. The second kappa shape index (κ2) is 1.97. The van der Waals surface area contributed by atoms with Crippen LogP contribution in [0.3, 0.4) is 0 Å². The van der Waals surface area contributed by atoms with E-state index in [9.17, 15) is 0 Å². The molecule has 0 radical (unpaired) electrons. The average Bonchev–Trinajstić information content (AvgIpc) is 2.22. The van der Waals surface area contributed by atoms with Gasteiger partial charge in [0, 0.05) is 0 Å². The Morgan fingerprint density at radius 2 is 2.29 bits per heavy atom. The van der Waals surface area contributed by atoms with Crippen LogP contribution in [-0.4, -0.2) is 12.2 Å². The normalized spacial score (nSPS) is 39.7. The molecule has 0 bridgehead atoms. The Balaban J connectivity index is 2.21. The lowest BCUT2D eigenvalue weighted by Gasteiger charge is -1.68. The van der Waals surface area contributed by atoms with E-state index >= 15 is 0 Å². The Bertz CT molecular complexity index is 90.1. The van der Waals surface area contributed by atoms with Crippen LogP contribution in [0, 0.1) is 0 Å². The summed E-state index contributed by atoms with van der Waals surface area (Å²) in [5.74, 6) is 0. The first-order valence-corrected chi connectivity index (χ1v) is 3.18. The summed E-state index contributed by atoms with van der Waals surface area (Å²) in [5, 5.41) is 0. The van der Waals surface area contributed by atoms with Crippen molar-refractivity contribution < 1.29 is 4.74 Å². The second-order valence-electron chi connectivity index (χ2n) is 1.62. The number of hydrogen-bond acceptors (Lipinski definition) is 1. The first kappa shape index (κ1) is 5.32. The molecular formula is C5H7BrO. The van der Waals surface area contributed by atoms with Gasteiger partial charge < -0.3 is 4.74 Å². The molecule has 0 aliphatic carbocycles. The zero-order valence-corrected chi connectivity index (χ0v) is 5.68. The van der Waals surface area contributed by atoms with Gasteiger partial charge in [-0.2, -0.15) is 0 Å². The van der Waals surface area contributed by atoms with Gasteiger partial charge in [0.2, 0.25) is 0 Å². The summed E-state index contributed by atoms with van der Waals surface area (Å²) in [6.07, 6.45) is 2.83. The van der Waals surface area contributed by atoms with Crippen LogP contribution in [-0.2, 0) is 4.74 Å². The maximum atomic E-state index is 5.04. The number of halogens is 1. The van der Waals surface area contributed by atoms with Gasteiger partial charge in [0.15, 0.2) is 0 Å². The Labute approximate surface area is 51.5 Å². The fourth-order valence-corrected chi connectivity index (χ4v) is 0.777. The third-order valence-electron chi connectivity index (χ3n) is 1.02. The Morgan fingerprint density at radius 3 is 2.43 bits per heavy atom. The van der Waals surface area contributed by atoms with Gasteiger partial charge in [0.25, 0.3) is 0 Å². The Hall–Kier alpha value is 0.180. The molecule has 0 amide bonds. The van der Waals surface area contributed by atoms with Gasteiger partial charge in [-0.05, 0) is 18.0 Å². The quantitative estimate of drug-likeness (QED) is 0.535. The fourth-order valence-electron chi connectivity index (χ4n) is 0.476. The molecule has 0 aromatic heterocycles. The molecule has 0 aromatic rings. The fraction of sp³-hybridized carbons (Fsp3) is 0.600. The first-order valence-electron chi connectivity index (χ1n) is 2.27. The highest BCUT2D eigenvalue weighted by Gasteiger charge is 2.30. The predicted octanol–water partition coefficient (Wildman–Crippen LogP) is 1.68. The molecule has 1 fully saturated rings. The van der Waals surface area contributed by atoms with Gasteiger partial charge in [-0.15, -0.1) is 0 Å². The van der Waals surface area contributed by atoms with Crippen LogP contribution in [0.1, 0.15) is 6.92 Å². The van der Waals surface area contributed by atoms with E-state index in [-0.39, 0.29) is 0 Å². The van der Waals surface area contributed by atoms with Crippen molar-refractivity contribution in [3.8, 4) is 0 Å². The third kappa shape index (κ3) is 1.28. The van der Waals surface area contributed by atoms with Crippen molar-refractivity contribution in [2.45, 2.75) is 19.1 Å². The van der Waals surface area contributed by atoms with Crippen molar-refractivity contribution in [3.05, 3.63) is 11.1 Å². The summed E-state index contributed by atoms with van der Waals surface area (Å²) in [5.41, 5.74) is 0. The van der Waals surface area contributed by atoms with Crippen LogP contribution in [0.25, 0.3) is 0 Å². The lowest BCUT2D eigenvalue weighted by molar-refractivity contribution is 0.400. The SMILES string of the molecule is CC1OC1/C=C/Br. The second-order valence-corrected chi connectivity index (χ2v) is 2.15. The molecule has 1 aliphatic rings. The van der Waals surface area contributed by atoms with E-state index in [1.807, 2.05) is 11.1 Å².